The fourth-order valence-electron chi connectivity index (χ4n) is 3.91. The lowest BCUT2D eigenvalue weighted by molar-refractivity contribution is 0.108. The first-order chi connectivity index (χ1) is 14.0. The Balaban J connectivity index is 1.57. The Kier molecular flexibility index (Phi) is 7.43. The summed E-state index contributed by atoms with van der Waals surface area (Å²) >= 11 is 0. The Bertz CT molecular complexity index is 921. The van der Waals surface area contributed by atoms with Gasteiger partial charge in [-0.05, 0) is 50.3 Å². The molecule has 2 atom stereocenters. The Labute approximate surface area is 174 Å². The van der Waals surface area contributed by atoms with Crippen LogP contribution in [-0.4, -0.2) is 32.5 Å². The molecule has 1 aliphatic heterocycles. The number of hydrogen-bond donors (Lipinski definition) is 0. The molecule has 0 spiro atoms. The summed E-state index contributed by atoms with van der Waals surface area (Å²) in [6.45, 7) is 2.96. The van der Waals surface area contributed by atoms with Gasteiger partial charge >= 0.3 is 0 Å². The minimum absolute atomic E-state index is 0.156. The molecule has 1 heterocycles. The zero-order chi connectivity index (χ0) is 20.7. The molecule has 1 fully saturated rings. The van der Waals surface area contributed by atoms with Gasteiger partial charge in [0.1, 0.15) is 6.04 Å². The van der Waals surface area contributed by atoms with Crippen LogP contribution in [0.5, 0.6) is 0 Å². The second kappa shape index (κ2) is 10.0. The highest BCUT2D eigenvalue weighted by atomic mass is 32.2. The summed E-state index contributed by atoms with van der Waals surface area (Å²) in [5, 5.41) is 9.78. The van der Waals surface area contributed by atoms with Gasteiger partial charge in [-0.25, -0.2) is 0 Å². The highest BCUT2D eigenvalue weighted by molar-refractivity contribution is 7.86. The van der Waals surface area contributed by atoms with Crippen molar-refractivity contribution in [2.45, 2.75) is 56.0 Å². The van der Waals surface area contributed by atoms with Crippen molar-refractivity contribution in [3.63, 3.8) is 0 Å². The van der Waals surface area contributed by atoms with Crippen LogP contribution in [-0.2, 0) is 14.3 Å². The quantitative estimate of drug-likeness (QED) is 0.468. The van der Waals surface area contributed by atoms with Gasteiger partial charge in [-0.3, -0.25) is 9.08 Å². The first-order valence-electron chi connectivity index (χ1n) is 10.2. The second-order valence-electron chi connectivity index (χ2n) is 7.56. The summed E-state index contributed by atoms with van der Waals surface area (Å²) in [6, 6.07) is 19.0. The molecular weight excluding hydrogens is 384 g/mol. The van der Waals surface area contributed by atoms with Gasteiger partial charge in [0.2, 0.25) is 0 Å². The summed E-state index contributed by atoms with van der Waals surface area (Å²) < 4.78 is 29.9. The van der Waals surface area contributed by atoms with E-state index in [1.54, 1.807) is 24.3 Å². The van der Waals surface area contributed by atoms with E-state index in [1.807, 2.05) is 37.3 Å². The number of benzene rings is 2. The van der Waals surface area contributed by atoms with Crippen molar-refractivity contribution in [2.75, 3.05) is 13.2 Å². The van der Waals surface area contributed by atoms with Crippen molar-refractivity contribution >= 4 is 10.1 Å². The predicted octanol–water partition coefficient (Wildman–Crippen LogP) is 4.60. The maximum absolute atomic E-state index is 12.3. The topological polar surface area (TPSA) is 70.4 Å². The lowest BCUT2D eigenvalue weighted by atomic mass is 9.94. The summed E-state index contributed by atoms with van der Waals surface area (Å²) in [5.41, 5.74) is 2.02. The summed E-state index contributed by atoms with van der Waals surface area (Å²) in [5.74, 6) is 0. The third-order valence-corrected chi connectivity index (χ3v) is 6.80. The number of nitriles is 1. The van der Waals surface area contributed by atoms with Crippen LogP contribution >= 0.6 is 0 Å². The molecule has 29 heavy (non-hydrogen) atoms. The first kappa shape index (κ1) is 21.5. The second-order valence-corrected chi connectivity index (χ2v) is 9.18. The molecule has 0 aliphatic carbocycles. The van der Waals surface area contributed by atoms with Crippen molar-refractivity contribution < 1.29 is 12.6 Å². The molecule has 0 N–H and O–H groups in total. The average Bonchev–Trinajstić information content (AvgIpc) is 2.74. The monoisotopic (exact) mass is 412 g/mol. The predicted molar refractivity (Wildman–Crippen MR) is 113 cm³/mol. The van der Waals surface area contributed by atoms with Crippen LogP contribution < -0.4 is 0 Å². The maximum atomic E-state index is 12.3. The van der Waals surface area contributed by atoms with Gasteiger partial charge in [0.15, 0.2) is 0 Å². The highest BCUT2D eigenvalue weighted by Gasteiger charge is 2.29. The fraction of sp³-hybridized carbons (Fsp3) is 0.435. The van der Waals surface area contributed by atoms with E-state index in [0.29, 0.717) is 6.42 Å². The van der Waals surface area contributed by atoms with E-state index in [-0.39, 0.29) is 23.6 Å². The van der Waals surface area contributed by atoms with E-state index < -0.39 is 10.1 Å². The largest absolute Gasteiger partial charge is 0.296 e. The molecule has 2 aromatic carbocycles. The van der Waals surface area contributed by atoms with Crippen LogP contribution in [0, 0.1) is 18.3 Å². The molecule has 154 valence electrons. The van der Waals surface area contributed by atoms with Crippen molar-refractivity contribution in [1.29, 1.82) is 5.26 Å². The van der Waals surface area contributed by atoms with E-state index in [0.717, 1.165) is 43.4 Å². The van der Waals surface area contributed by atoms with Crippen LogP contribution in [0.1, 0.15) is 49.3 Å². The van der Waals surface area contributed by atoms with E-state index in [4.69, 9.17) is 4.18 Å². The summed E-state index contributed by atoms with van der Waals surface area (Å²) in [4.78, 5) is 2.46. The minimum atomic E-state index is -3.72. The number of piperidine rings is 1. The molecular formula is C23H28N2O3S. The zero-order valence-corrected chi connectivity index (χ0v) is 17.6. The van der Waals surface area contributed by atoms with Crippen molar-refractivity contribution in [1.82, 2.24) is 4.90 Å². The molecule has 2 unspecified atom stereocenters. The average molecular weight is 413 g/mol. The van der Waals surface area contributed by atoms with Gasteiger partial charge in [-0.1, -0.05) is 54.4 Å². The number of likely N-dealkylation sites (tertiary alicyclic amines) is 1. The van der Waals surface area contributed by atoms with Crippen LogP contribution in [0.2, 0.25) is 0 Å². The highest BCUT2D eigenvalue weighted by Crippen LogP contribution is 2.30. The van der Waals surface area contributed by atoms with Gasteiger partial charge < -0.3 is 0 Å². The summed E-state index contributed by atoms with van der Waals surface area (Å²) in [6.07, 6.45) is 4.69. The van der Waals surface area contributed by atoms with Crippen molar-refractivity contribution in [2.24, 2.45) is 0 Å². The normalized spacial score (nSPS) is 18.8. The Morgan fingerprint density at radius 1 is 1.14 bits per heavy atom. The molecule has 0 bridgehead atoms. The van der Waals surface area contributed by atoms with Crippen molar-refractivity contribution in [3.8, 4) is 6.07 Å². The number of rotatable bonds is 8. The van der Waals surface area contributed by atoms with Gasteiger partial charge in [-0.2, -0.15) is 13.7 Å². The van der Waals surface area contributed by atoms with E-state index in [2.05, 4.69) is 11.0 Å². The van der Waals surface area contributed by atoms with Gasteiger partial charge in [-0.15, -0.1) is 0 Å². The minimum Gasteiger partial charge on any atom is -0.281 e. The smallest absolute Gasteiger partial charge is 0.281 e. The molecule has 2 aromatic rings. The SMILES string of the molecule is Cc1ccc(S(=O)(=O)OCCCC2CCCCN2C(C#N)c2ccccc2)cc1. The molecule has 0 saturated carbocycles. The van der Waals surface area contributed by atoms with E-state index in [1.165, 1.54) is 0 Å². The molecule has 0 radical (unpaired) electrons. The fourth-order valence-corrected chi connectivity index (χ4v) is 4.85. The lowest BCUT2D eigenvalue weighted by Crippen LogP contribution is -2.41. The van der Waals surface area contributed by atoms with Crippen LogP contribution in [0.15, 0.2) is 59.5 Å². The zero-order valence-electron chi connectivity index (χ0n) is 16.8. The standard InChI is InChI=1S/C23H28N2O3S/c1-19-12-14-22(15-13-19)29(26,27)28-17-7-11-21-10-5-6-16-25(21)23(18-24)20-8-3-2-4-9-20/h2-4,8-9,12-15,21,23H,5-7,10-11,16-17H2,1H3. The summed E-state index contributed by atoms with van der Waals surface area (Å²) in [7, 11) is -3.72. The maximum Gasteiger partial charge on any atom is 0.296 e. The third-order valence-electron chi connectivity index (χ3n) is 5.47. The number of aryl methyl sites for hydroxylation is 1. The van der Waals surface area contributed by atoms with Gasteiger partial charge in [0.05, 0.1) is 17.6 Å². The Hall–Kier alpha value is -2.20. The first-order valence-corrected chi connectivity index (χ1v) is 11.6. The third kappa shape index (κ3) is 5.66. The molecule has 0 aromatic heterocycles. The van der Waals surface area contributed by atoms with Crippen LogP contribution in [0.3, 0.4) is 0 Å². The Morgan fingerprint density at radius 3 is 2.55 bits per heavy atom. The van der Waals surface area contributed by atoms with E-state index >= 15 is 0 Å². The molecule has 6 heteroatoms. The number of hydrogen-bond acceptors (Lipinski definition) is 5. The van der Waals surface area contributed by atoms with Crippen LogP contribution in [0.4, 0.5) is 0 Å². The Morgan fingerprint density at radius 2 is 1.86 bits per heavy atom. The molecule has 0 amide bonds. The molecule has 3 rings (SSSR count). The molecule has 5 nitrogen and oxygen atoms in total. The van der Waals surface area contributed by atoms with Gasteiger partial charge in [0, 0.05) is 12.6 Å². The van der Waals surface area contributed by atoms with Crippen molar-refractivity contribution in [3.05, 3.63) is 65.7 Å². The van der Waals surface area contributed by atoms with Crippen LogP contribution in [0.25, 0.3) is 0 Å². The number of nitrogens with zero attached hydrogens (tertiary/aromatic N) is 2. The lowest BCUT2D eigenvalue weighted by Gasteiger charge is -2.38. The molecule has 1 saturated heterocycles. The van der Waals surface area contributed by atoms with E-state index in [9.17, 15) is 13.7 Å². The molecule has 1 aliphatic rings. The van der Waals surface area contributed by atoms with Gasteiger partial charge in [0.25, 0.3) is 10.1 Å².